The standard InChI is InChI=1S/C18H19FO5/c1-18(17(21)22,24-16-7-5-15(20)6-8-16)9-10-23-12-13-3-2-4-14(19)11-13/h2-8,11,20H,9-10,12H2,1H3,(H,21,22). The van der Waals surface area contributed by atoms with Crippen molar-refractivity contribution < 1.29 is 28.9 Å². The van der Waals surface area contributed by atoms with Gasteiger partial charge in [0.2, 0.25) is 5.60 Å². The quantitative estimate of drug-likeness (QED) is 0.724. The van der Waals surface area contributed by atoms with Crippen LogP contribution in [0.2, 0.25) is 0 Å². The third-order valence-electron chi connectivity index (χ3n) is 3.51. The van der Waals surface area contributed by atoms with E-state index in [4.69, 9.17) is 9.47 Å². The molecule has 0 fully saturated rings. The van der Waals surface area contributed by atoms with Gasteiger partial charge in [-0.05, 0) is 48.9 Å². The molecule has 0 aliphatic carbocycles. The summed E-state index contributed by atoms with van der Waals surface area (Å²) in [6, 6.07) is 11.8. The summed E-state index contributed by atoms with van der Waals surface area (Å²) in [7, 11) is 0. The van der Waals surface area contributed by atoms with Crippen molar-refractivity contribution in [2.24, 2.45) is 0 Å². The Bertz CT molecular complexity index is 686. The van der Waals surface area contributed by atoms with Crippen molar-refractivity contribution in [1.29, 1.82) is 0 Å². The van der Waals surface area contributed by atoms with Gasteiger partial charge in [0, 0.05) is 6.42 Å². The normalized spacial score (nSPS) is 13.2. The Balaban J connectivity index is 1.90. The van der Waals surface area contributed by atoms with Crippen LogP contribution in [0.3, 0.4) is 0 Å². The molecule has 0 aromatic heterocycles. The molecule has 0 heterocycles. The van der Waals surface area contributed by atoms with E-state index >= 15 is 0 Å². The van der Waals surface area contributed by atoms with Crippen LogP contribution in [0, 0.1) is 5.82 Å². The highest BCUT2D eigenvalue weighted by Gasteiger charge is 2.35. The van der Waals surface area contributed by atoms with Gasteiger partial charge in [0.25, 0.3) is 0 Å². The van der Waals surface area contributed by atoms with E-state index in [0.29, 0.717) is 11.3 Å². The molecule has 2 rings (SSSR count). The van der Waals surface area contributed by atoms with Gasteiger partial charge >= 0.3 is 5.97 Å². The first-order chi connectivity index (χ1) is 11.4. The molecule has 128 valence electrons. The molecule has 0 bridgehead atoms. The van der Waals surface area contributed by atoms with E-state index in [9.17, 15) is 19.4 Å². The summed E-state index contributed by atoms with van der Waals surface area (Å²) in [5, 5.41) is 18.7. The predicted molar refractivity (Wildman–Crippen MR) is 85.4 cm³/mol. The number of carboxylic acid groups (broad SMARTS) is 1. The molecule has 5 nitrogen and oxygen atoms in total. The lowest BCUT2D eigenvalue weighted by molar-refractivity contribution is -0.155. The smallest absolute Gasteiger partial charge is 0.347 e. The third kappa shape index (κ3) is 4.96. The van der Waals surface area contributed by atoms with Gasteiger partial charge in [-0.25, -0.2) is 9.18 Å². The average Bonchev–Trinajstić information content (AvgIpc) is 2.54. The van der Waals surface area contributed by atoms with Crippen LogP contribution in [-0.2, 0) is 16.1 Å². The molecule has 1 unspecified atom stereocenters. The Morgan fingerprint density at radius 3 is 2.54 bits per heavy atom. The van der Waals surface area contributed by atoms with Crippen LogP contribution < -0.4 is 4.74 Å². The van der Waals surface area contributed by atoms with Crippen LogP contribution >= 0.6 is 0 Å². The molecule has 0 radical (unpaired) electrons. The van der Waals surface area contributed by atoms with Crippen molar-refractivity contribution in [3.8, 4) is 11.5 Å². The number of benzene rings is 2. The largest absolute Gasteiger partial charge is 0.508 e. The molecule has 0 aliphatic rings. The van der Waals surface area contributed by atoms with Gasteiger partial charge in [0.05, 0.1) is 13.2 Å². The highest BCUT2D eigenvalue weighted by atomic mass is 19.1. The number of rotatable bonds is 8. The van der Waals surface area contributed by atoms with Crippen molar-refractivity contribution in [2.75, 3.05) is 6.61 Å². The van der Waals surface area contributed by atoms with Gasteiger partial charge in [-0.3, -0.25) is 0 Å². The van der Waals surface area contributed by atoms with Crippen molar-refractivity contribution >= 4 is 5.97 Å². The van der Waals surface area contributed by atoms with Crippen molar-refractivity contribution in [1.82, 2.24) is 0 Å². The molecule has 0 saturated heterocycles. The Kier molecular flexibility index (Phi) is 5.76. The monoisotopic (exact) mass is 334 g/mol. The van der Waals surface area contributed by atoms with Gasteiger partial charge in [-0.1, -0.05) is 12.1 Å². The number of phenolic OH excluding ortho intramolecular Hbond substituents is 1. The number of hydrogen-bond acceptors (Lipinski definition) is 4. The zero-order valence-corrected chi connectivity index (χ0v) is 13.2. The molecule has 0 spiro atoms. The second-order valence-electron chi connectivity index (χ2n) is 5.56. The average molecular weight is 334 g/mol. The topological polar surface area (TPSA) is 76.0 Å². The maximum absolute atomic E-state index is 13.1. The minimum Gasteiger partial charge on any atom is -0.508 e. The second kappa shape index (κ2) is 7.79. The van der Waals surface area contributed by atoms with Crippen LogP contribution in [-0.4, -0.2) is 28.4 Å². The Labute approximate surface area is 139 Å². The number of aromatic hydroxyl groups is 1. The minimum atomic E-state index is -1.47. The molecular formula is C18H19FO5. The maximum Gasteiger partial charge on any atom is 0.347 e. The van der Waals surface area contributed by atoms with Gasteiger partial charge in [0.1, 0.15) is 17.3 Å². The van der Waals surface area contributed by atoms with E-state index in [-0.39, 0.29) is 31.2 Å². The van der Waals surface area contributed by atoms with Crippen LogP contribution in [0.15, 0.2) is 48.5 Å². The van der Waals surface area contributed by atoms with Gasteiger partial charge < -0.3 is 19.7 Å². The molecule has 1 atom stereocenters. The molecule has 24 heavy (non-hydrogen) atoms. The summed E-state index contributed by atoms with van der Waals surface area (Å²) in [5.41, 5.74) is -0.801. The number of hydrogen-bond donors (Lipinski definition) is 2. The molecular weight excluding hydrogens is 315 g/mol. The summed E-state index contributed by atoms with van der Waals surface area (Å²) < 4.78 is 24.0. The molecule has 2 aromatic carbocycles. The van der Waals surface area contributed by atoms with Gasteiger partial charge in [-0.15, -0.1) is 0 Å². The minimum absolute atomic E-state index is 0.0674. The number of phenols is 1. The van der Waals surface area contributed by atoms with Crippen LogP contribution in [0.1, 0.15) is 18.9 Å². The second-order valence-corrected chi connectivity index (χ2v) is 5.56. The van der Waals surface area contributed by atoms with Crippen LogP contribution in [0.4, 0.5) is 4.39 Å². The predicted octanol–water partition coefficient (Wildman–Crippen LogP) is 3.36. The molecule has 0 saturated carbocycles. The lowest BCUT2D eigenvalue weighted by atomic mass is 10.0. The van der Waals surface area contributed by atoms with Gasteiger partial charge in [-0.2, -0.15) is 0 Å². The lowest BCUT2D eigenvalue weighted by Crippen LogP contribution is -2.42. The molecule has 0 aliphatic heterocycles. The van der Waals surface area contributed by atoms with Crippen LogP contribution in [0.5, 0.6) is 11.5 Å². The van der Waals surface area contributed by atoms with E-state index in [2.05, 4.69) is 0 Å². The third-order valence-corrected chi connectivity index (χ3v) is 3.51. The first kappa shape index (κ1) is 17.7. The Morgan fingerprint density at radius 2 is 1.92 bits per heavy atom. The van der Waals surface area contributed by atoms with E-state index in [1.54, 1.807) is 12.1 Å². The lowest BCUT2D eigenvalue weighted by Gasteiger charge is -2.26. The molecule has 6 heteroatoms. The number of ether oxygens (including phenoxy) is 2. The van der Waals surface area contributed by atoms with Crippen LogP contribution in [0.25, 0.3) is 0 Å². The van der Waals surface area contributed by atoms with E-state index in [1.165, 1.54) is 43.3 Å². The molecule has 0 amide bonds. The SMILES string of the molecule is CC(CCOCc1cccc(F)c1)(Oc1ccc(O)cc1)C(=O)O. The first-order valence-electron chi connectivity index (χ1n) is 7.43. The maximum atomic E-state index is 13.1. The summed E-state index contributed by atoms with van der Waals surface area (Å²) in [4.78, 5) is 11.5. The highest BCUT2D eigenvalue weighted by Crippen LogP contribution is 2.24. The summed E-state index contributed by atoms with van der Waals surface area (Å²) in [6.07, 6.45) is 0.110. The summed E-state index contributed by atoms with van der Waals surface area (Å²) >= 11 is 0. The van der Waals surface area contributed by atoms with Crippen molar-refractivity contribution in [3.63, 3.8) is 0 Å². The Morgan fingerprint density at radius 1 is 1.21 bits per heavy atom. The van der Waals surface area contributed by atoms with Crippen molar-refractivity contribution in [2.45, 2.75) is 25.6 Å². The zero-order valence-electron chi connectivity index (χ0n) is 13.2. The van der Waals surface area contributed by atoms with E-state index < -0.39 is 11.6 Å². The van der Waals surface area contributed by atoms with Crippen molar-refractivity contribution in [3.05, 3.63) is 59.9 Å². The van der Waals surface area contributed by atoms with Gasteiger partial charge in [0.15, 0.2) is 0 Å². The van der Waals surface area contributed by atoms with E-state index in [1.807, 2.05) is 0 Å². The first-order valence-corrected chi connectivity index (χ1v) is 7.43. The molecule has 2 aromatic rings. The number of carboxylic acids is 1. The van der Waals surface area contributed by atoms with E-state index in [0.717, 1.165) is 0 Å². The number of aliphatic carboxylic acids is 1. The number of carbonyl (C=O) groups is 1. The summed E-state index contributed by atoms with van der Waals surface area (Å²) in [5.74, 6) is -1.06. The molecule has 2 N–H and O–H groups in total. The fraction of sp³-hybridized carbons (Fsp3) is 0.278. The zero-order chi connectivity index (χ0) is 17.6. The fourth-order valence-corrected chi connectivity index (χ4v) is 2.06. The number of halogens is 1. The summed E-state index contributed by atoms with van der Waals surface area (Å²) in [6.45, 7) is 1.78. The Hall–Kier alpha value is -2.60. The fourth-order valence-electron chi connectivity index (χ4n) is 2.06. The highest BCUT2D eigenvalue weighted by molar-refractivity contribution is 5.77.